The van der Waals surface area contributed by atoms with Crippen LogP contribution >= 0.6 is 0 Å². The lowest BCUT2D eigenvalue weighted by molar-refractivity contribution is -0.385. The summed E-state index contributed by atoms with van der Waals surface area (Å²) in [5.74, 6) is 0.715. The largest absolute Gasteiger partial charge is 0.363 e. The average molecular weight is 294 g/mol. The molecule has 0 aliphatic carbocycles. The number of nitrogens with zero attached hydrogens (tertiary/aromatic N) is 4. The van der Waals surface area contributed by atoms with Crippen LogP contribution in [-0.4, -0.2) is 52.5 Å². The van der Waals surface area contributed by atoms with E-state index >= 15 is 0 Å². The Labute approximate surface area is 124 Å². The molecule has 0 bridgehead atoms. The Morgan fingerprint density at radius 2 is 2.00 bits per heavy atom. The van der Waals surface area contributed by atoms with Crippen molar-refractivity contribution in [3.8, 4) is 0 Å². The predicted molar refractivity (Wildman–Crippen MR) is 81.8 cm³/mol. The molecule has 1 aliphatic heterocycles. The van der Waals surface area contributed by atoms with Gasteiger partial charge >= 0.3 is 5.69 Å². The summed E-state index contributed by atoms with van der Waals surface area (Å²) in [5.41, 5.74) is 0.327. The van der Waals surface area contributed by atoms with Gasteiger partial charge in [0.15, 0.2) is 0 Å². The van der Waals surface area contributed by atoms with E-state index < -0.39 is 4.92 Å². The molecule has 1 fully saturated rings. The predicted octanol–water partition coefficient (Wildman–Crippen LogP) is 1.63. The minimum atomic E-state index is -0.427. The Bertz CT molecular complexity index is 502. The van der Waals surface area contributed by atoms with Gasteiger partial charge < -0.3 is 15.5 Å². The zero-order valence-electron chi connectivity index (χ0n) is 12.6. The van der Waals surface area contributed by atoms with E-state index in [2.05, 4.69) is 25.5 Å². The van der Waals surface area contributed by atoms with Crippen LogP contribution in [0, 0.1) is 17.0 Å². The van der Waals surface area contributed by atoms with Crippen LogP contribution in [0.1, 0.15) is 25.5 Å². The highest BCUT2D eigenvalue weighted by Crippen LogP contribution is 2.26. The molecule has 0 aromatic carbocycles. The molecule has 0 radical (unpaired) electrons. The van der Waals surface area contributed by atoms with Crippen LogP contribution in [0.15, 0.2) is 0 Å². The number of aromatic nitrogens is 2. The molecule has 1 saturated heterocycles. The Kier molecular flexibility index (Phi) is 5.26. The van der Waals surface area contributed by atoms with Crippen LogP contribution in [0.2, 0.25) is 0 Å². The standard InChI is InChI=1S/C13H22N6O2/c1-3-14-13-16-10(2)11(19(20)21)12(17-13)15-6-9-18-7-4-5-8-18/h3-9H2,1-2H3,(H2,14,15,16,17). The summed E-state index contributed by atoms with van der Waals surface area (Å²) >= 11 is 0. The molecule has 2 rings (SSSR count). The zero-order chi connectivity index (χ0) is 15.2. The second kappa shape index (κ2) is 7.16. The maximum atomic E-state index is 11.2. The van der Waals surface area contributed by atoms with Gasteiger partial charge in [0, 0.05) is 19.6 Å². The molecule has 1 aromatic heterocycles. The van der Waals surface area contributed by atoms with Crippen molar-refractivity contribution in [3.63, 3.8) is 0 Å². The maximum Gasteiger partial charge on any atom is 0.332 e. The molecular formula is C13H22N6O2. The maximum absolute atomic E-state index is 11.2. The zero-order valence-corrected chi connectivity index (χ0v) is 12.6. The number of likely N-dealkylation sites (tertiary alicyclic amines) is 1. The summed E-state index contributed by atoms with van der Waals surface area (Å²) in [5, 5.41) is 17.3. The third kappa shape index (κ3) is 4.01. The van der Waals surface area contributed by atoms with Gasteiger partial charge in [-0.1, -0.05) is 0 Å². The van der Waals surface area contributed by atoms with Crippen molar-refractivity contribution in [3.05, 3.63) is 15.8 Å². The molecule has 2 heterocycles. The highest BCUT2D eigenvalue weighted by molar-refractivity contribution is 5.60. The molecule has 0 unspecified atom stereocenters. The molecule has 0 spiro atoms. The fourth-order valence-electron chi connectivity index (χ4n) is 2.48. The lowest BCUT2D eigenvalue weighted by Gasteiger charge is -2.15. The summed E-state index contributed by atoms with van der Waals surface area (Å²) in [4.78, 5) is 21.4. The fraction of sp³-hybridized carbons (Fsp3) is 0.692. The fourth-order valence-corrected chi connectivity index (χ4v) is 2.48. The molecule has 1 aliphatic rings. The van der Waals surface area contributed by atoms with Crippen LogP contribution in [0.5, 0.6) is 0 Å². The van der Waals surface area contributed by atoms with Gasteiger partial charge in [0.25, 0.3) is 0 Å². The number of hydrogen-bond donors (Lipinski definition) is 2. The van der Waals surface area contributed by atoms with E-state index in [-0.39, 0.29) is 5.69 Å². The summed E-state index contributed by atoms with van der Waals surface area (Å²) in [6, 6.07) is 0. The topological polar surface area (TPSA) is 96.2 Å². The van der Waals surface area contributed by atoms with Crippen LogP contribution in [0.4, 0.5) is 17.5 Å². The lowest BCUT2D eigenvalue weighted by Crippen LogP contribution is -2.26. The Balaban J connectivity index is 2.08. The highest BCUT2D eigenvalue weighted by atomic mass is 16.6. The first-order valence-electron chi connectivity index (χ1n) is 7.35. The summed E-state index contributed by atoms with van der Waals surface area (Å²) in [7, 11) is 0. The van der Waals surface area contributed by atoms with E-state index in [1.807, 2.05) is 6.92 Å². The number of nitro groups is 1. The van der Waals surface area contributed by atoms with E-state index in [1.165, 1.54) is 12.8 Å². The summed E-state index contributed by atoms with van der Waals surface area (Å²) in [6.45, 7) is 7.96. The van der Waals surface area contributed by atoms with Crippen molar-refractivity contribution in [2.75, 3.05) is 43.4 Å². The van der Waals surface area contributed by atoms with Gasteiger partial charge in [-0.05, 0) is 39.8 Å². The SMILES string of the molecule is CCNc1nc(C)c([N+](=O)[O-])c(NCCN2CCCC2)n1. The molecule has 8 heteroatoms. The summed E-state index contributed by atoms with van der Waals surface area (Å²) in [6.07, 6.45) is 2.47. The number of hydrogen-bond acceptors (Lipinski definition) is 7. The minimum Gasteiger partial charge on any atom is -0.363 e. The van der Waals surface area contributed by atoms with E-state index in [9.17, 15) is 10.1 Å². The average Bonchev–Trinajstić information content (AvgIpc) is 2.91. The Hall–Kier alpha value is -1.96. The van der Waals surface area contributed by atoms with Crippen molar-refractivity contribution in [1.82, 2.24) is 14.9 Å². The first kappa shape index (κ1) is 15.4. The molecule has 2 N–H and O–H groups in total. The normalized spacial score (nSPS) is 15.1. The third-order valence-electron chi connectivity index (χ3n) is 3.49. The first-order chi connectivity index (χ1) is 10.1. The van der Waals surface area contributed by atoms with Crippen molar-refractivity contribution < 1.29 is 4.92 Å². The van der Waals surface area contributed by atoms with Crippen molar-refractivity contribution >= 4 is 17.5 Å². The smallest absolute Gasteiger partial charge is 0.332 e. The van der Waals surface area contributed by atoms with Gasteiger partial charge in [0.2, 0.25) is 11.8 Å². The van der Waals surface area contributed by atoms with Gasteiger partial charge in [0.1, 0.15) is 5.69 Å². The quantitative estimate of drug-likeness (QED) is 0.582. The van der Waals surface area contributed by atoms with Crippen molar-refractivity contribution in [2.45, 2.75) is 26.7 Å². The van der Waals surface area contributed by atoms with Gasteiger partial charge in [-0.2, -0.15) is 4.98 Å². The molecule has 0 amide bonds. The molecule has 116 valence electrons. The van der Waals surface area contributed by atoms with E-state index in [0.29, 0.717) is 30.5 Å². The van der Waals surface area contributed by atoms with Gasteiger partial charge in [-0.3, -0.25) is 10.1 Å². The van der Waals surface area contributed by atoms with E-state index in [4.69, 9.17) is 0 Å². The molecular weight excluding hydrogens is 272 g/mol. The minimum absolute atomic E-state index is 0.0434. The molecule has 0 saturated carbocycles. The van der Waals surface area contributed by atoms with Crippen LogP contribution in [0.3, 0.4) is 0 Å². The van der Waals surface area contributed by atoms with Crippen LogP contribution < -0.4 is 10.6 Å². The van der Waals surface area contributed by atoms with E-state index in [1.54, 1.807) is 6.92 Å². The van der Waals surface area contributed by atoms with E-state index in [0.717, 1.165) is 19.6 Å². The lowest BCUT2D eigenvalue weighted by atomic mass is 10.3. The highest BCUT2D eigenvalue weighted by Gasteiger charge is 2.22. The monoisotopic (exact) mass is 294 g/mol. The van der Waals surface area contributed by atoms with Gasteiger partial charge in [0.05, 0.1) is 4.92 Å². The van der Waals surface area contributed by atoms with Crippen molar-refractivity contribution in [2.24, 2.45) is 0 Å². The van der Waals surface area contributed by atoms with Gasteiger partial charge in [-0.15, -0.1) is 0 Å². The number of aryl methyl sites for hydroxylation is 1. The number of rotatable bonds is 7. The van der Waals surface area contributed by atoms with Crippen LogP contribution in [-0.2, 0) is 0 Å². The second-order valence-corrected chi connectivity index (χ2v) is 5.09. The second-order valence-electron chi connectivity index (χ2n) is 5.09. The number of nitrogens with one attached hydrogen (secondary N) is 2. The molecule has 1 aromatic rings. The first-order valence-corrected chi connectivity index (χ1v) is 7.35. The molecule has 8 nitrogen and oxygen atoms in total. The third-order valence-corrected chi connectivity index (χ3v) is 3.49. The molecule has 0 atom stereocenters. The Morgan fingerprint density at radius 1 is 1.29 bits per heavy atom. The number of anilines is 2. The van der Waals surface area contributed by atoms with Crippen LogP contribution in [0.25, 0.3) is 0 Å². The van der Waals surface area contributed by atoms with Gasteiger partial charge in [-0.25, -0.2) is 4.98 Å². The summed E-state index contributed by atoms with van der Waals surface area (Å²) < 4.78 is 0. The molecule has 21 heavy (non-hydrogen) atoms. The van der Waals surface area contributed by atoms with Crippen molar-refractivity contribution in [1.29, 1.82) is 0 Å². The Morgan fingerprint density at radius 3 is 2.62 bits per heavy atom.